The Balaban J connectivity index is 2.01. The Morgan fingerprint density at radius 1 is 1.36 bits per heavy atom. The van der Waals surface area contributed by atoms with Crippen LogP contribution in [0.4, 0.5) is 0 Å². The first-order chi connectivity index (χ1) is 5.33. The Hall–Kier alpha value is -0.0400. The molecular weight excluding hydrogens is 134 g/mol. The van der Waals surface area contributed by atoms with Crippen LogP contribution in [0.3, 0.4) is 0 Å². The van der Waals surface area contributed by atoms with Gasteiger partial charge in [-0.2, -0.15) is 0 Å². The van der Waals surface area contributed by atoms with Crippen LogP contribution >= 0.6 is 0 Å². The summed E-state index contributed by atoms with van der Waals surface area (Å²) in [6.45, 7) is 5.77. The van der Waals surface area contributed by atoms with Crippen LogP contribution < -0.4 is 5.32 Å². The molecule has 1 heteroatoms. The molecule has 0 aromatic rings. The molecule has 0 bridgehead atoms. The molecule has 1 saturated carbocycles. The van der Waals surface area contributed by atoms with Crippen molar-refractivity contribution in [2.75, 3.05) is 6.54 Å². The molecule has 1 aliphatic rings. The van der Waals surface area contributed by atoms with Crippen molar-refractivity contribution in [3.8, 4) is 0 Å². The summed E-state index contributed by atoms with van der Waals surface area (Å²) in [7, 11) is 0. The third-order valence-corrected chi connectivity index (χ3v) is 2.84. The van der Waals surface area contributed by atoms with Gasteiger partial charge in [-0.3, -0.25) is 0 Å². The molecule has 0 spiro atoms. The highest BCUT2D eigenvalue weighted by molar-refractivity contribution is 4.70. The minimum atomic E-state index is 0.718. The Labute approximate surface area is 70.6 Å². The molecule has 0 radical (unpaired) electrons. The van der Waals surface area contributed by atoms with Gasteiger partial charge >= 0.3 is 0 Å². The second kappa shape index (κ2) is 4.76. The molecule has 1 N–H and O–H groups in total. The molecule has 0 amide bonds. The van der Waals surface area contributed by atoms with Gasteiger partial charge in [0.1, 0.15) is 0 Å². The number of rotatable bonds is 4. The normalized spacial score (nSPS) is 22.4. The molecule has 1 rings (SSSR count). The fourth-order valence-corrected chi connectivity index (χ4v) is 1.73. The van der Waals surface area contributed by atoms with E-state index in [4.69, 9.17) is 0 Å². The van der Waals surface area contributed by atoms with Gasteiger partial charge in [0.2, 0.25) is 0 Å². The van der Waals surface area contributed by atoms with E-state index in [1.807, 2.05) is 0 Å². The highest BCUT2D eigenvalue weighted by Crippen LogP contribution is 2.23. The lowest BCUT2D eigenvalue weighted by atomic mass is 10.1. The van der Waals surface area contributed by atoms with E-state index >= 15 is 0 Å². The molecule has 0 aromatic carbocycles. The predicted octanol–water partition coefficient (Wildman–Crippen LogP) is 2.56. The van der Waals surface area contributed by atoms with Crippen molar-refractivity contribution in [1.29, 1.82) is 0 Å². The van der Waals surface area contributed by atoms with Crippen LogP contribution in [0.15, 0.2) is 0 Å². The summed E-state index contributed by atoms with van der Waals surface area (Å²) < 4.78 is 0. The molecule has 1 atom stereocenters. The fraction of sp³-hybridized carbons (Fsp3) is 1.00. The van der Waals surface area contributed by atoms with E-state index in [0.717, 1.165) is 12.0 Å². The zero-order valence-electron chi connectivity index (χ0n) is 7.90. The van der Waals surface area contributed by atoms with E-state index in [-0.39, 0.29) is 0 Å². The quantitative estimate of drug-likeness (QED) is 0.658. The van der Waals surface area contributed by atoms with E-state index in [9.17, 15) is 0 Å². The molecule has 1 nitrogen and oxygen atoms in total. The summed E-state index contributed by atoms with van der Waals surface area (Å²) >= 11 is 0. The zero-order chi connectivity index (χ0) is 8.10. The lowest BCUT2D eigenvalue weighted by molar-refractivity contribution is 0.439. The van der Waals surface area contributed by atoms with Crippen molar-refractivity contribution in [3.63, 3.8) is 0 Å². The third-order valence-electron chi connectivity index (χ3n) is 2.84. The van der Waals surface area contributed by atoms with Crippen LogP contribution in [0.2, 0.25) is 0 Å². The van der Waals surface area contributed by atoms with Gasteiger partial charge in [-0.1, -0.05) is 19.8 Å². The molecule has 0 aliphatic heterocycles. The second-order valence-corrected chi connectivity index (χ2v) is 3.87. The van der Waals surface area contributed by atoms with Crippen LogP contribution in [-0.2, 0) is 0 Å². The van der Waals surface area contributed by atoms with Crippen molar-refractivity contribution in [1.82, 2.24) is 5.32 Å². The van der Waals surface area contributed by atoms with Crippen LogP contribution in [0, 0.1) is 5.92 Å². The Kier molecular flexibility index (Phi) is 3.92. The summed E-state index contributed by atoms with van der Waals surface area (Å²) in [5.74, 6) is 0.990. The first kappa shape index (κ1) is 9.05. The van der Waals surface area contributed by atoms with Crippen molar-refractivity contribution in [2.45, 2.75) is 52.0 Å². The Morgan fingerprint density at radius 3 is 2.55 bits per heavy atom. The van der Waals surface area contributed by atoms with Crippen LogP contribution in [0.25, 0.3) is 0 Å². The summed E-state index contributed by atoms with van der Waals surface area (Å²) in [5, 5.41) is 3.57. The lowest BCUT2D eigenvalue weighted by Crippen LogP contribution is -2.29. The number of hydrogen-bond donors (Lipinski definition) is 1. The topological polar surface area (TPSA) is 12.0 Å². The van der Waals surface area contributed by atoms with Gasteiger partial charge in [0.05, 0.1) is 0 Å². The summed E-state index contributed by atoms with van der Waals surface area (Å²) in [6.07, 6.45) is 7.11. The average molecular weight is 155 g/mol. The first-order valence-corrected chi connectivity index (χ1v) is 5.06. The second-order valence-electron chi connectivity index (χ2n) is 3.87. The lowest BCUT2D eigenvalue weighted by Gasteiger charge is -2.14. The molecule has 0 aromatic heterocycles. The molecular formula is C10H21N. The standard InChI is InChI=1S/C10H21N/c1-3-9(2)11-8-10-6-4-5-7-10/h9-11H,3-8H2,1-2H3. The predicted molar refractivity (Wildman–Crippen MR) is 49.7 cm³/mol. The molecule has 1 fully saturated rings. The van der Waals surface area contributed by atoms with Gasteiger partial charge in [-0.25, -0.2) is 0 Å². The number of nitrogens with one attached hydrogen (secondary N) is 1. The van der Waals surface area contributed by atoms with Gasteiger partial charge in [0.15, 0.2) is 0 Å². The maximum Gasteiger partial charge on any atom is 0.00362 e. The van der Waals surface area contributed by atoms with Crippen LogP contribution in [0.5, 0.6) is 0 Å². The van der Waals surface area contributed by atoms with E-state index < -0.39 is 0 Å². The summed E-state index contributed by atoms with van der Waals surface area (Å²) in [6, 6.07) is 0.718. The van der Waals surface area contributed by atoms with Gasteiger partial charge in [-0.05, 0) is 38.6 Å². The molecule has 0 heterocycles. The molecule has 66 valence electrons. The smallest absolute Gasteiger partial charge is 0.00362 e. The van der Waals surface area contributed by atoms with Crippen LogP contribution in [-0.4, -0.2) is 12.6 Å². The minimum absolute atomic E-state index is 0.718. The van der Waals surface area contributed by atoms with Crippen molar-refractivity contribution >= 4 is 0 Å². The molecule has 1 unspecified atom stereocenters. The van der Waals surface area contributed by atoms with E-state index in [2.05, 4.69) is 19.2 Å². The summed E-state index contributed by atoms with van der Waals surface area (Å²) in [4.78, 5) is 0. The van der Waals surface area contributed by atoms with Gasteiger partial charge in [-0.15, -0.1) is 0 Å². The largest absolute Gasteiger partial charge is 0.314 e. The summed E-state index contributed by atoms with van der Waals surface area (Å²) in [5.41, 5.74) is 0. The SMILES string of the molecule is CCC(C)NCC1CCCC1. The van der Waals surface area contributed by atoms with Crippen molar-refractivity contribution in [3.05, 3.63) is 0 Å². The Bertz CT molecular complexity index is 95.0. The fourth-order valence-electron chi connectivity index (χ4n) is 1.73. The highest BCUT2D eigenvalue weighted by Gasteiger charge is 2.14. The zero-order valence-corrected chi connectivity index (χ0v) is 7.90. The van der Waals surface area contributed by atoms with Crippen LogP contribution in [0.1, 0.15) is 46.0 Å². The van der Waals surface area contributed by atoms with Gasteiger partial charge < -0.3 is 5.32 Å². The first-order valence-electron chi connectivity index (χ1n) is 5.06. The highest BCUT2D eigenvalue weighted by atomic mass is 14.9. The third kappa shape index (κ3) is 3.24. The van der Waals surface area contributed by atoms with E-state index in [1.165, 1.54) is 38.6 Å². The van der Waals surface area contributed by atoms with Gasteiger partial charge in [0.25, 0.3) is 0 Å². The van der Waals surface area contributed by atoms with Crippen molar-refractivity contribution in [2.24, 2.45) is 5.92 Å². The Morgan fingerprint density at radius 2 is 2.00 bits per heavy atom. The molecule has 0 saturated heterocycles. The molecule has 1 aliphatic carbocycles. The van der Waals surface area contributed by atoms with Crippen molar-refractivity contribution < 1.29 is 0 Å². The average Bonchev–Trinajstić information content (AvgIpc) is 2.52. The number of hydrogen-bond acceptors (Lipinski definition) is 1. The maximum atomic E-state index is 3.57. The molecule has 11 heavy (non-hydrogen) atoms. The van der Waals surface area contributed by atoms with E-state index in [0.29, 0.717) is 0 Å². The van der Waals surface area contributed by atoms with E-state index in [1.54, 1.807) is 0 Å². The van der Waals surface area contributed by atoms with Gasteiger partial charge in [0, 0.05) is 6.04 Å². The minimum Gasteiger partial charge on any atom is -0.314 e. The monoisotopic (exact) mass is 155 g/mol. The maximum absolute atomic E-state index is 3.57.